The van der Waals surface area contributed by atoms with Crippen molar-refractivity contribution in [3.8, 4) is 11.3 Å². The molecule has 0 saturated carbocycles. The molecule has 1 atom stereocenters. The highest BCUT2D eigenvalue weighted by molar-refractivity contribution is 7.99. The molecular weight excluding hydrogens is 443 g/mol. The number of nitrogens with one attached hydrogen (secondary N) is 2. The van der Waals surface area contributed by atoms with Gasteiger partial charge in [-0.3, -0.25) is 9.59 Å². The summed E-state index contributed by atoms with van der Waals surface area (Å²) in [4.78, 5) is 28.9. The molecule has 7 nitrogen and oxygen atoms in total. The predicted molar refractivity (Wildman–Crippen MR) is 125 cm³/mol. The summed E-state index contributed by atoms with van der Waals surface area (Å²) >= 11 is 1.32. The molecule has 1 aliphatic rings. The molecule has 1 aromatic heterocycles. The summed E-state index contributed by atoms with van der Waals surface area (Å²) in [5, 5.41) is 5.95. The fourth-order valence-corrected chi connectivity index (χ4v) is 4.40. The van der Waals surface area contributed by atoms with E-state index in [0.717, 1.165) is 35.9 Å². The molecule has 1 saturated heterocycles. The van der Waals surface area contributed by atoms with Gasteiger partial charge in [-0.05, 0) is 42.7 Å². The van der Waals surface area contributed by atoms with Crippen LogP contribution in [0, 0.1) is 5.82 Å². The van der Waals surface area contributed by atoms with Gasteiger partial charge in [-0.25, -0.2) is 9.37 Å². The van der Waals surface area contributed by atoms with Crippen LogP contribution < -0.4 is 10.6 Å². The number of hydrogen-bond acceptors (Lipinski definition) is 5. The average Bonchev–Trinajstić information content (AvgIpc) is 3.49. The average molecular weight is 469 g/mol. The highest BCUT2D eigenvalue weighted by Crippen LogP contribution is 2.28. The Hall–Kier alpha value is -3.17. The smallest absolute Gasteiger partial charge is 0.243 e. The second-order valence-corrected chi connectivity index (χ2v) is 8.60. The van der Waals surface area contributed by atoms with Crippen molar-refractivity contribution in [3.05, 3.63) is 66.6 Å². The number of halogens is 1. The number of thioether (sulfide) groups is 1. The molecule has 0 aliphatic carbocycles. The molecule has 1 fully saturated rings. The maximum Gasteiger partial charge on any atom is 0.243 e. The molecule has 0 bridgehead atoms. The van der Waals surface area contributed by atoms with Crippen LogP contribution in [0.1, 0.15) is 12.8 Å². The number of imidazole rings is 1. The Morgan fingerprint density at radius 2 is 1.91 bits per heavy atom. The van der Waals surface area contributed by atoms with Crippen LogP contribution in [0.2, 0.25) is 0 Å². The maximum absolute atomic E-state index is 13.0. The van der Waals surface area contributed by atoms with E-state index in [2.05, 4.69) is 20.2 Å². The number of amides is 2. The molecule has 1 unspecified atom stereocenters. The molecule has 3 aromatic rings. The van der Waals surface area contributed by atoms with E-state index >= 15 is 0 Å². The highest BCUT2D eigenvalue weighted by Gasteiger charge is 2.21. The summed E-state index contributed by atoms with van der Waals surface area (Å²) < 4.78 is 20.9. The third-order valence-electron chi connectivity index (χ3n) is 5.21. The van der Waals surface area contributed by atoms with Gasteiger partial charge in [0, 0.05) is 12.3 Å². The van der Waals surface area contributed by atoms with Crippen LogP contribution >= 0.6 is 11.8 Å². The van der Waals surface area contributed by atoms with Crippen molar-refractivity contribution in [2.45, 2.75) is 30.6 Å². The van der Waals surface area contributed by atoms with Crippen molar-refractivity contribution in [3.63, 3.8) is 0 Å². The number of anilines is 1. The van der Waals surface area contributed by atoms with E-state index in [1.807, 2.05) is 36.5 Å². The Balaban J connectivity index is 1.34. The summed E-state index contributed by atoms with van der Waals surface area (Å²) in [6.45, 7) is 1.27. The number of nitrogens with zero attached hydrogens (tertiary/aromatic N) is 2. The number of benzene rings is 2. The van der Waals surface area contributed by atoms with Gasteiger partial charge in [0.1, 0.15) is 5.82 Å². The largest absolute Gasteiger partial charge is 0.376 e. The van der Waals surface area contributed by atoms with Gasteiger partial charge in [-0.1, -0.05) is 42.1 Å². The minimum atomic E-state index is -0.383. The first kappa shape index (κ1) is 23.0. The van der Waals surface area contributed by atoms with E-state index in [0.29, 0.717) is 12.2 Å². The fourth-order valence-electron chi connectivity index (χ4n) is 3.58. The molecule has 9 heteroatoms. The predicted octanol–water partition coefficient (Wildman–Crippen LogP) is 3.72. The van der Waals surface area contributed by atoms with Gasteiger partial charge in [0.15, 0.2) is 5.16 Å². The van der Waals surface area contributed by atoms with Gasteiger partial charge in [0.05, 0.1) is 36.8 Å². The molecule has 1 aliphatic heterocycles. The van der Waals surface area contributed by atoms with Crippen LogP contribution in [-0.2, 0) is 20.9 Å². The molecule has 2 aromatic carbocycles. The van der Waals surface area contributed by atoms with Crippen molar-refractivity contribution >= 4 is 29.3 Å². The van der Waals surface area contributed by atoms with Crippen LogP contribution in [0.25, 0.3) is 11.3 Å². The zero-order valence-corrected chi connectivity index (χ0v) is 18.8. The summed E-state index contributed by atoms with van der Waals surface area (Å²) in [7, 11) is 0. The lowest BCUT2D eigenvalue weighted by molar-refractivity contribution is -0.122. The summed E-state index contributed by atoms with van der Waals surface area (Å²) in [5.74, 6) is -0.916. The standard InChI is InChI=1S/C24H25FN4O3S/c25-18-8-10-19(11-9-18)28-22(30)14-26-23(31)16-33-24-27-13-21(17-5-2-1-3-6-17)29(24)15-20-7-4-12-32-20/h1-3,5-6,8-11,13,20H,4,7,12,14-16H2,(H,26,31)(H,28,30). The number of rotatable bonds is 9. The fraction of sp³-hybridized carbons (Fsp3) is 0.292. The molecule has 33 heavy (non-hydrogen) atoms. The topological polar surface area (TPSA) is 85.2 Å². The van der Waals surface area contributed by atoms with Crippen molar-refractivity contribution in [2.24, 2.45) is 0 Å². The Labute approximate surface area is 195 Å². The lowest BCUT2D eigenvalue weighted by Gasteiger charge is -2.16. The van der Waals surface area contributed by atoms with Crippen molar-refractivity contribution in [1.82, 2.24) is 14.9 Å². The number of ether oxygens (including phenoxy) is 1. The first-order valence-corrected chi connectivity index (χ1v) is 11.7. The first-order valence-electron chi connectivity index (χ1n) is 10.8. The van der Waals surface area contributed by atoms with Gasteiger partial charge in [0.25, 0.3) is 0 Å². The number of aromatic nitrogens is 2. The molecule has 0 spiro atoms. The van der Waals surface area contributed by atoms with E-state index < -0.39 is 0 Å². The number of carbonyl (C=O) groups is 2. The van der Waals surface area contributed by atoms with Crippen LogP contribution in [0.5, 0.6) is 0 Å². The number of hydrogen-bond donors (Lipinski definition) is 2. The zero-order valence-electron chi connectivity index (χ0n) is 18.0. The van der Waals surface area contributed by atoms with Crippen LogP contribution in [0.4, 0.5) is 10.1 Å². The van der Waals surface area contributed by atoms with Gasteiger partial charge in [0.2, 0.25) is 11.8 Å². The minimum Gasteiger partial charge on any atom is -0.376 e. The molecule has 4 rings (SSSR count). The third-order valence-corrected chi connectivity index (χ3v) is 6.20. The van der Waals surface area contributed by atoms with Gasteiger partial charge < -0.3 is 19.9 Å². The molecule has 2 amide bonds. The maximum atomic E-state index is 13.0. The third kappa shape index (κ3) is 6.43. The van der Waals surface area contributed by atoms with Gasteiger partial charge >= 0.3 is 0 Å². The van der Waals surface area contributed by atoms with E-state index in [4.69, 9.17) is 4.74 Å². The van der Waals surface area contributed by atoms with Crippen molar-refractivity contribution in [2.75, 3.05) is 24.2 Å². The van der Waals surface area contributed by atoms with Crippen LogP contribution in [0.3, 0.4) is 0 Å². The molecule has 2 heterocycles. The Morgan fingerprint density at radius 1 is 1.12 bits per heavy atom. The number of carbonyl (C=O) groups excluding carboxylic acids is 2. The van der Waals surface area contributed by atoms with Crippen LogP contribution in [0.15, 0.2) is 66.0 Å². The van der Waals surface area contributed by atoms with E-state index in [-0.39, 0.29) is 36.0 Å². The van der Waals surface area contributed by atoms with Crippen molar-refractivity contribution in [1.29, 1.82) is 0 Å². The summed E-state index contributed by atoms with van der Waals surface area (Å²) in [6.07, 6.45) is 4.00. The summed E-state index contributed by atoms with van der Waals surface area (Å²) in [6, 6.07) is 15.4. The van der Waals surface area contributed by atoms with E-state index in [1.165, 1.54) is 36.0 Å². The lowest BCUT2D eigenvalue weighted by Crippen LogP contribution is -2.34. The molecule has 2 N–H and O–H groups in total. The second-order valence-electron chi connectivity index (χ2n) is 7.66. The van der Waals surface area contributed by atoms with Crippen LogP contribution in [-0.4, -0.2) is 46.4 Å². The minimum absolute atomic E-state index is 0.126. The highest BCUT2D eigenvalue weighted by atomic mass is 32.2. The first-order chi connectivity index (χ1) is 16.1. The Kier molecular flexibility index (Phi) is 7.74. The van der Waals surface area contributed by atoms with Crippen molar-refractivity contribution < 1.29 is 18.7 Å². The quantitative estimate of drug-likeness (QED) is 0.468. The molecule has 0 radical (unpaired) electrons. The van der Waals surface area contributed by atoms with Gasteiger partial charge in [-0.2, -0.15) is 0 Å². The monoisotopic (exact) mass is 468 g/mol. The van der Waals surface area contributed by atoms with Gasteiger partial charge in [-0.15, -0.1) is 0 Å². The Bertz CT molecular complexity index is 1080. The molecule has 172 valence electrons. The normalized spacial score (nSPS) is 15.4. The lowest BCUT2D eigenvalue weighted by atomic mass is 10.1. The second kappa shape index (κ2) is 11.1. The SMILES string of the molecule is O=C(CSc1ncc(-c2ccccc2)n1CC1CCCO1)NCC(=O)Nc1ccc(F)cc1. The van der Waals surface area contributed by atoms with E-state index in [9.17, 15) is 14.0 Å². The molecular formula is C24H25FN4O3S. The Morgan fingerprint density at radius 3 is 2.64 bits per heavy atom. The summed E-state index contributed by atoms with van der Waals surface area (Å²) in [5.41, 5.74) is 2.50. The van der Waals surface area contributed by atoms with E-state index in [1.54, 1.807) is 0 Å². The zero-order chi connectivity index (χ0) is 23.0.